The number of hydrogen-bond acceptors (Lipinski definition) is 4. The Morgan fingerprint density at radius 2 is 1.06 bits per heavy atom. The van der Waals surface area contributed by atoms with Gasteiger partial charge in [0.2, 0.25) is 0 Å². The molecule has 8 bridgehead atoms. The smallest absolute Gasteiger partial charge is 0.164 e. The van der Waals surface area contributed by atoms with E-state index in [0.29, 0.717) is 23.4 Å². The highest BCUT2D eigenvalue weighted by Crippen LogP contribution is 2.75. The Kier molecular flexibility index (Phi) is 6.57. The molecule has 53 heavy (non-hydrogen) atoms. The molecule has 5 aromatic carbocycles. The zero-order valence-electron chi connectivity index (χ0n) is 30.1. The van der Waals surface area contributed by atoms with Gasteiger partial charge in [0.25, 0.3) is 0 Å². The summed E-state index contributed by atoms with van der Waals surface area (Å²) in [7, 11) is 0. The molecular weight excluding hydrogens is 645 g/mol. The summed E-state index contributed by atoms with van der Waals surface area (Å²) in [6.07, 6.45) is 10.2. The van der Waals surface area contributed by atoms with Crippen molar-refractivity contribution in [1.82, 2.24) is 15.0 Å². The number of anilines is 3. The van der Waals surface area contributed by atoms with Gasteiger partial charge < -0.3 is 4.90 Å². The van der Waals surface area contributed by atoms with Gasteiger partial charge in [0.15, 0.2) is 17.5 Å². The summed E-state index contributed by atoms with van der Waals surface area (Å²) in [5, 5.41) is 0. The van der Waals surface area contributed by atoms with Gasteiger partial charge in [-0.25, -0.2) is 15.0 Å². The maximum Gasteiger partial charge on any atom is 0.164 e. The molecule has 7 aliphatic rings. The second kappa shape index (κ2) is 11.5. The minimum Gasteiger partial charge on any atom is -0.310 e. The molecule has 6 aliphatic carbocycles. The number of rotatable bonds is 4. The van der Waals surface area contributed by atoms with Crippen molar-refractivity contribution in [2.45, 2.75) is 50.4 Å². The predicted molar refractivity (Wildman–Crippen MR) is 212 cm³/mol. The summed E-state index contributed by atoms with van der Waals surface area (Å²) in [6.45, 7) is 0. The van der Waals surface area contributed by atoms with Gasteiger partial charge in [-0.2, -0.15) is 0 Å². The van der Waals surface area contributed by atoms with Gasteiger partial charge in [-0.15, -0.1) is 0 Å². The molecule has 6 fully saturated rings. The van der Waals surface area contributed by atoms with Crippen molar-refractivity contribution in [1.29, 1.82) is 0 Å². The molecule has 1 spiro atoms. The second-order valence-electron chi connectivity index (χ2n) is 17.2. The maximum absolute atomic E-state index is 5.11. The van der Waals surface area contributed by atoms with E-state index in [9.17, 15) is 0 Å². The first-order chi connectivity index (χ1) is 26.2. The van der Waals surface area contributed by atoms with E-state index in [1.165, 1.54) is 56.3 Å². The van der Waals surface area contributed by atoms with Crippen molar-refractivity contribution >= 4 is 17.1 Å². The first-order valence-electron chi connectivity index (χ1n) is 20.2. The summed E-state index contributed by atoms with van der Waals surface area (Å²) in [5.74, 6) is 9.04. The molecule has 0 amide bonds. The summed E-state index contributed by atoms with van der Waals surface area (Å²) in [5.41, 5.74) is 10.1. The Morgan fingerprint density at radius 1 is 0.472 bits per heavy atom. The fourth-order valence-electron chi connectivity index (χ4n) is 13.4. The van der Waals surface area contributed by atoms with Crippen LogP contribution in [0.1, 0.15) is 56.1 Å². The molecule has 1 aliphatic heterocycles. The molecule has 4 nitrogen and oxygen atoms in total. The Balaban J connectivity index is 1.03. The monoisotopic (exact) mass is 688 g/mol. The van der Waals surface area contributed by atoms with Crippen LogP contribution in [-0.4, -0.2) is 15.0 Å². The minimum absolute atomic E-state index is 0.0719. The Morgan fingerprint density at radius 3 is 1.74 bits per heavy atom. The van der Waals surface area contributed by atoms with Crippen LogP contribution in [0.5, 0.6) is 0 Å². The van der Waals surface area contributed by atoms with Gasteiger partial charge in [0, 0.05) is 27.8 Å². The summed E-state index contributed by atoms with van der Waals surface area (Å²) in [4.78, 5) is 17.8. The first kappa shape index (κ1) is 30.4. The van der Waals surface area contributed by atoms with E-state index in [4.69, 9.17) is 15.0 Å². The molecule has 0 N–H and O–H groups in total. The quantitative estimate of drug-likeness (QED) is 0.185. The van der Waals surface area contributed by atoms with E-state index in [1.807, 2.05) is 36.4 Å². The van der Waals surface area contributed by atoms with Crippen LogP contribution < -0.4 is 4.90 Å². The number of nitrogens with zero attached hydrogens (tertiary/aromatic N) is 4. The molecule has 8 unspecified atom stereocenters. The van der Waals surface area contributed by atoms with Gasteiger partial charge in [-0.3, -0.25) is 0 Å². The van der Waals surface area contributed by atoms with Gasteiger partial charge in [-0.1, -0.05) is 116 Å². The van der Waals surface area contributed by atoms with Crippen molar-refractivity contribution in [3.05, 3.63) is 145 Å². The Hall–Kier alpha value is -5.09. The molecule has 6 aromatic rings. The van der Waals surface area contributed by atoms with Gasteiger partial charge in [0.05, 0.1) is 11.4 Å². The third-order valence-electron chi connectivity index (χ3n) is 15.0. The third-order valence-corrected chi connectivity index (χ3v) is 15.0. The number of para-hydroxylation sites is 2. The summed E-state index contributed by atoms with van der Waals surface area (Å²) >= 11 is 0. The van der Waals surface area contributed by atoms with Crippen LogP contribution in [0.3, 0.4) is 0 Å². The Bertz CT molecular complexity index is 2260. The fraction of sp³-hybridized carbons (Fsp3) is 0.327. The van der Waals surface area contributed by atoms with E-state index in [1.54, 1.807) is 11.1 Å². The topological polar surface area (TPSA) is 41.9 Å². The minimum atomic E-state index is 0.0719. The highest BCUT2D eigenvalue weighted by atomic mass is 15.2. The zero-order chi connectivity index (χ0) is 34.7. The zero-order valence-corrected chi connectivity index (χ0v) is 30.1. The fourth-order valence-corrected chi connectivity index (χ4v) is 13.4. The predicted octanol–water partition coefficient (Wildman–Crippen LogP) is 11.7. The molecule has 4 heteroatoms. The number of aromatic nitrogens is 3. The molecule has 1 aromatic heterocycles. The van der Waals surface area contributed by atoms with Crippen molar-refractivity contribution in [3.63, 3.8) is 0 Å². The highest BCUT2D eigenvalue weighted by Gasteiger charge is 2.68. The van der Waals surface area contributed by atoms with E-state index in [2.05, 4.69) is 102 Å². The molecule has 6 saturated carbocycles. The lowest BCUT2D eigenvalue weighted by Gasteiger charge is -2.64. The lowest BCUT2D eigenvalue weighted by atomic mass is 9.41. The highest BCUT2D eigenvalue weighted by molar-refractivity contribution is 5.87. The first-order valence-corrected chi connectivity index (χ1v) is 20.2. The van der Waals surface area contributed by atoms with E-state index >= 15 is 0 Å². The number of hydrogen-bond donors (Lipinski definition) is 0. The summed E-state index contributed by atoms with van der Waals surface area (Å²) < 4.78 is 0. The van der Waals surface area contributed by atoms with Crippen LogP contribution >= 0.6 is 0 Å². The molecule has 0 radical (unpaired) electrons. The lowest BCUT2D eigenvalue weighted by molar-refractivity contribution is -0.0759. The molecular formula is C49H44N4. The van der Waals surface area contributed by atoms with E-state index in [0.717, 1.165) is 63.8 Å². The largest absolute Gasteiger partial charge is 0.310 e. The molecule has 0 saturated heterocycles. The maximum atomic E-state index is 5.11. The average Bonchev–Trinajstić information content (AvgIpc) is 3.44. The van der Waals surface area contributed by atoms with Crippen molar-refractivity contribution in [3.8, 4) is 34.2 Å². The van der Waals surface area contributed by atoms with Crippen molar-refractivity contribution in [2.24, 2.45) is 47.3 Å². The van der Waals surface area contributed by atoms with Crippen molar-refractivity contribution < 1.29 is 0 Å². The van der Waals surface area contributed by atoms with Crippen LogP contribution in [-0.2, 0) is 5.41 Å². The molecule has 8 atom stereocenters. The second-order valence-corrected chi connectivity index (χ2v) is 17.2. The average molecular weight is 689 g/mol. The third kappa shape index (κ3) is 4.32. The number of benzene rings is 5. The number of fused-ring (bicyclic) bond motifs is 3. The standard InChI is InChI=1S/C49H44N4/c1-3-12-31(13-4-1)46-50-47(32-14-5-2-6-15-32)52-48(51-46)34-16-11-17-37(28-34)53-43-20-9-7-18-41(43)49(42-19-8-10-21-44(42)53)36-27-35-26-33-23-22-30-24-38(35)39(29-36)40(25-30)45(33)49/h1-21,28,30,33,35-36,38-40,45H,22-27,29H2. The lowest BCUT2D eigenvalue weighted by Crippen LogP contribution is -2.59. The van der Waals surface area contributed by atoms with Gasteiger partial charge in [-0.05, 0) is 121 Å². The van der Waals surface area contributed by atoms with Crippen LogP contribution in [0.4, 0.5) is 17.1 Å². The molecule has 13 rings (SSSR count). The normalized spacial score (nSPS) is 29.5. The molecule has 260 valence electrons. The van der Waals surface area contributed by atoms with E-state index < -0.39 is 0 Å². The van der Waals surface area contributed by atoms with E-state index in [-0.39, 0.29) is 5.41 Å². The Labute approximate surface area is 312 Å². The van der Waals surface area contributed by atoms with Crippen molar-refractivity contribution in [2.75, 3.05) is 4.90 Å². The van der Waals surface area contributed by atoms with Gasteiger partial charge in [0.1, 0.15) is 0 Å². The summed E-state index contributed by atoms with van der Waals surface area (Å²) in [6, 6.07) is 48.6. The van der Waals surface area contributed by atoms with Gasteiger partial charge >= 0.3 is 0 Å². The SMILES string of the molecule is c1ccc(-c2nc(-c3ccccc3)nc(-c3cccc(N4c5ccccc5C5(c6ccccc64)C4CC6CC7CCC8CC6C(C4)C(C8)C75)c3)n2)cc1. The van der Waals surface area contributed by atoms with Crippen LogP contribution in [0, 0.1) is 47.3 Å². The van der Waals surface area contributed by atoms with Crippen LogP contribution in [0.25, 0.3) is 34.2 Å². The van der Waals surface area contributed by atoms with Crippen LogP contribution in [0.2, 0.25) is 0 Å². The molecule has 2 heterocycles. The van der Waals surface area contributed by atoms with Crippen LogP contribution in [0.15, 0.2) is 133 Å².